The minimum absolute atomic E-state index is 0.162. The molecule has 7 nitrogen and oxygen atoms in total. The van der Waals surface area contributed by atoms with Gasteiger partial charge in [-0.15, -0.1) is 11.3 Å². The summed E-state index contributed by atoms with van der Waals surface area (Å²) in [4.78, 5) is 12.3. The van der Waals surface area contributed by atoms with Gasteiger partial charge in [0.1, 0.15) is 21.5 Å². The zero-order valence-electron chi connectivity index (χ0n) is 11.7. The molecule has 0 aromatic carbocycles. The van der Waals surface area contributed by atoms with Crippen molar-refractivity contribution in [2.24, 2.45) is 7.05 Å². The van der Waals surface area contributed by atoms with Gasteiger partial charge >= 0.3 is 5.97 Å². The summed E-state index contributed by atoms with van der Waals surface area (Å²) >= 11 is 1.14. The first-order valence-corrected chi connectivity index (χ1v) is 7.09. The van der Waals surface area contributed by atoms with Crippen LogP contribution in [0.5, 0.6) is 0 Å². The molecule has 0 unspecified atom stereocenters. The average molecular weight is 305 g/mol. The summed E-state index contributed by atoms with van der Waals surface area (Å²) in [7, 11) is 1.82. The summed E-state index contributed by atoms with van der Waals surface area (Å²) in [5.74, 6) is -0.526. The fourth-order valence-electron chi connectivity index (χ4n) is 1.80. The Morgan fingerprint density at radius 1 is 1.67 bits per heavy atom. The number of thiophene rings is 1. The van der Waals surface area contributed by atoms with E-state index in [1.165, 1.54) is 0 Å². The third-order valence-corrected chi connectivity index (χ3v) is 3.81. The van der Waals surface area contributed by atoms with Gasteiger partial charge in [-0.25, -0.2) is 4.79 Å². The van der Waals surface area contributed by atoms with Gasteiger partial charge < -0.3 is 15.8 Å². The quantitative estimate of drug-likeness (QED) is 0.815. The van der Waals surface area contributed by atoms with Crippen molar-refractivity contribution in [3.8, 4) is 6.07 Å². The Balaban J connectivity index is 2.25. The van der Waals surface area contributed by atoms with Gasteiger partial charge in [0, 0.05) is 25.4 Å². The van der Waals surface area contributed by atoms with Crippen molar-refractivity contribution in [1.29, 1.82) is 5.26 Å². The Hall–Kier alpha value is -2.53. The molecule has 21 heavy (non-hydrogen) atoms. The Morgan fingerprint density at radius 3 is 3.00 bits per heavy atom. The van der Waals surface area contributed by atoms with E-state index in [1.54, 1.807) is 17.8 Å². The first-order chi connectivity index (χ1) is 10.1. The van der Waals surface area contributed by atoms with E-state index in [2.05, 4.69) is 10.4 Å². The number of nitriles is 1. The van der Waals surface area contributed by atoms with Crippen LogP contribution in [0.4, 0.5) is 10.7 Å². The van der Waals surface area contributed by atoms with E-state index in [9.17, 15) is 4.79 Å². The van der Waals surface area contributed by atoms with Crippen LogP contribution in [0.15, 0.2) is 12.4 Å². The van der Waals surface area contributed by atoms with Crippen LogP contribution in [0, 0.1) is 11.3 Å². The molecule has 2 rings (SSSR count). The standard InChI is InChI=1S/C13H15N5O2S/c1-3-20-13(19)10-11(15)9(4-14)21-12(10)16-5-8-6-17-18(2)7-8/h6-7,16H,3,5,15H2,1-2H3. The van der Waals surface area contributed by atoms with Gasteiger partial charge in [-0.05, 0) is 6.92 Å². The fraction of sp³-hybridized carbons (Fsp3) is 0.308. The number of aromatic nitrogens is 2. The van der Waals surface area contributed by atoms with Crippen molar-refractivity contribution in [2.75, 3.05) is 17.7 Å². The van der Waals surface area contributed by atoms with Crippen molar-refractivity contribution in [3.05, 3.63) is 28.4 Å². The van der Waals surface area contributed by atoms with E-state index in [1.807, 2.05) is 19.3 Å². The number of nitrogen functional groups attached to an aromatic ring is 1. The predicted molar refractivity (Wildman–Crippen MR) is 79.9 cm³/mol. The molecule has 2 aromatic heterocycles. The number of nitrogens with one attached hydrogen (secondary N) is 1. The van der Waals surface area contributed by atoms with Crippen molar-refractivity contribution in [3.63, 3.8) is 0 Å². The number of esters is 1. The molecule has 0 aliphatic heterocycles. The minimum atomic E-state index is -0.526. The van der Waals surface area contributed by atoms with Gasteiger partial charge in [0.05, 0.1) is 18.5 Å². The molecule has 2 heterocycles. The molecule has 0 saturated carbocycles. The van der Waals surface area contributed by atoms with Crippen LogP contribution < -0.4 is 11.1 Å². The zero-order chi connectivity index (χ0) is 15.4. The second kappa shape index (κ2) is 6.28. The van der Waals surface area contributed by atoms with Crippen LogP contribution in [-0.4, -0.2) is 22.4 Å². The molecular formula is C13H15N5O2S. The summed E-state index contributed by atoms with van der Waals surface area (Å²) in [5.41, 5.74) is 7.19. The maximum atomic E-state index is 12.0. The smallest absolute Gasteiger partial charge is 0.343 e. The number of nitrogens with two attached hydrogens (primary N) is 1. The normalized spacial score (nSPS) is 10.1. The first-order valence-electron chi connectivity index (χ1n) is 6.27. The molecule has 0 saturated heterocycles. The minimum Gasteiger partial charge on any atom is -0.462 e. The van der Waals surface area contributed by atoms with Gasteiger partial charge in [0.15, 0.2) is 0 Å². The Kier molecular flexibility index (Phi) is 4.45. The highest BCUT2D eigenvalue weighted by Crippen LogP contribution is 2.36. The average Bonchev–Trinajstić information content (AvgIpc) is 3.00. The number of nitrogens with zero attached hydrogens (tertiary/aromatic N) is 3. The summed E-state index contributed by atoms with van der Waals surface area (Å²) in [5, 5.41) is 16.8. The maximum Gasteiger partial charge on any atom is 0.343 e. The first kappa shape index (κ1) is 14.9. The highest BCUT2D eigenvalue weighted by Gasteiger charge is 2.23. The molecular weight excluding hydrogens is 290 g/mol. The van der Waals surface area contributed by atoms with Gasteiger partial charge in [-0.1, -0.05) is 0 Å². The topological polar surface area (TPSA) is 106 Å². The van der Waals surface area contributed by atoms with Gasteiger partial charge in [-0.2, -0.15) is 10.4 Å². The number of ether oxygens (including phenoxy) is 1. The lowest BCUT2D eigenvalue weighted by Crippen LogP contribution is -2.09. The summed E-state index contributed by atoms with van der Waals surface area (Å²) in [6, 6.07) is 1.98. The van der Waals surface area contributed by atoms with Crippen molar-refractivity contribution in [1.82, 2.24) is 9.78 Å². The summed E-state index contributed by atoms with van der Waals surface area (Å²) in [6.07, 6.45) is 3.58. The molecule has 0 aliphatic carbocycles. The molecule has 2 aromatic rings. The predicted octanol–water partition coefficient (Wildman–Crippen LogP) is 1.72. The highest BCUT2D eigenvalue weighted by atomic mass is 32.1. The number of carbonyl (C=O) groups is 1. The summed E-state index contributed by atoms with van der Waals surface area (Å²) < 4.78 is 6.67. The molecule has 0 atom stereocenters. The highest BCUT2D eigenvalue weighted by molar-refractivity contribution is 7.17. The molecule has 0 bridgehead atoms. The molecule has 110 valence electrons. The third kappa shape index (κ3) is 3.14. The van der Waals surface area contributed by atoms with Gasteiger partial charge in [-0.3, -0.25) is 4.68 Å². The number of rotatable bonds is 5. The van der Waals surface area contributed by atoms with E-state index in [-0.39, 0.29) is 17.9 Å². The second-order valence-corrected chi connectivity index (χ2v) is 5.28. The van der Waals surface area contributed by atoms with E-state index >= 15 is 0 Å². The van der Waals surface area contributed by atoms with Crippen molar-refractivity contribution in [2.45, 2.75) is 13.5 Å². The number of hydrogen-bond acceptors (Lipinski definition) is 7. The molecule has 0 amide bonds. The Labute approximate surface area is 125 Å². The van der Waals surface area contributed by atoms with Crippen LogP contribution in [0.2, 0.25) is 0 Å². The SMILES string of the molecule is CCOC(=O)c1c(NCc2cnn(C)c2)sc(C#N)c1N. The number of carbonyl (C=O) groups excluding carboxylic acids is 1. The lowest BCUT2D eigenvalue weighted by atomic mass is 10.2. The van der Waals surface area contributed by atoms with Crippen molar-refractivity contribution >= 4 is 28.0 Å². The van der Waals surface area contributed by atoms with E-state index in [0.717, 1.165) is 16.9 Å². The number of aryl methyl sites for hydroxylation is 1. The van der Waals surface area contributed by atoms with Crippen LogP contribution >= 0.6 is 11.3 Å². The fourth-order valence-corrected chi connectivity index (χ4v) is 2.70. The summed E-state index contributed by atoms with van der Waals surface area (Å²) in [6.45, 7) is 2.44. The Morgan fingerprint density at radius 2 is 2.43 bits per heavy atom. The Bertz CT molecular complexity index is 698. The lowest BCUT2D eigenvalue weighted by molar-refractivity contribution is 0.0529. The third-order valence-electron chi connectivity index (χ3n) is 2.74. The van der Waals surface area contributed by atoms with E-state index in [0.29, 0.717) is 16.4 Å². The lowest BCUT2D eigenvalue weighted by Gasteiger charge is -2.06. The molecule has 0 aliphatic rings. The van der Waals surface area contributed by atoms with E-state index in [4.69, 9.17) is 15.7 Å². The second-order valence-electron chi connectivity index (χ2n) is 4.26. The maximum absolute atomic E-state index is 12.0. The van der Waals surface area contributed by atoms with Crippen LogP contribution in [-0.2, 0) is 18.3 Å². The zero-order valence-corrected chi connectivity index (χ0v) is 12.5. The molecule has 0 radical (unpaired) electrons. The largest absolute Gasteiger partial charge is 0.462 e. The molecule has 0 fully saturated rings. The van der Waals surface area contributed by atoms with Crippen molar-refractivity contribution < 1.29 is 9.53 Å². The van der Waals surface area contributed by atoms with Gasteiger partial charge in [0.25, 0.3) is 0 Å². The number of anilines is 2. The molecule has 0 spiro atoms. The van der Waals surface area contributed by atoms with Crippen LogP contribution in [0.3, 0.4) is 0 Å². The van der Waals surface area contributed by atoms with E-state index < -0.39 is 5.97 Å². The van der Waals surface area contributed by atoms with Gasteiger partial charge in [0.2, 0.25) is 0 Å². The van der Waals surface area contributed by atoms with Crippen LogP contribution in [0.1, 0.15) is 27.7 Å². The van der Waals surface area contributed by atoms with Crippen LogP contribution in [0.25, 0.3) is 0 Å². The number of hydrogen-bond donors (Lipinski definition) is 2. The molecule has 3 N–H and O–H groups in total. The molecule has 8 heteroatoms. The monoisotopic (exact) mass is 305 g/mol.